The van der Waals surface area contributed by atoms with Crippen molar-refractivity contribution in [3.8, 4) is 5.75 Å². The van der Waals surface area contributed by atoms with Crippen LogP contribution in [0.25, 0.3) is 0 Å². The van der Waals surface area contributed by atoms with Gasteiger partial charge in [0.2, 0.25) is 11.4 Å². The lowest BCUT2D eigenvalue weighted by molar-refractivity contribution is -0.683. The molecule has 0 saturated carbocycles. The molecular weight excluding hydrogens is 524 g/mol. The van der Waals surface area contributed by atoms with Gasteiger partial charge >= 0.3 is 0 Å². The maximum atomic E-state index is 12.5. The lowest BCUT2D eigenvalue weighted by Crippen LogP contribution is -2.31. The van der Waals surface area contributed by atoms with Crippen molar-refractivity contribution in [2.24, 2.45) is 0 Å². The van der Waals surface area contributed by atoms with Crippen LogP contribution < -0.4 is 14.2 Å². The largest absolute Gasteiger partial charge is 0.492 e. The zero-order valence-corrected chi connectivity index (χ0v) is 25.4. The molecule has 0 aliphatic carbocycles. The van der Waals surface area contributed by atoms with Gasteiger partial charge in [-0.2, -0.15) is 4.57 Å². The van der Waals surface area contributed by atoms with Gasteiger partial charge in [0, 0.05) is 18.2 Å². The summed E-state index contributed by atoms with van der Waals surface area (Å²) in [6.07, 6.45) is 18.0. The first-order valence-corrected chi connectivity index (χ1v) is 16.1. The zero-order chi connectivity index (χ0) is 27.7. The van der Waals surface area contributed by atoms with Gasteiger partial charge < -0.3 is 9.64 Å². The van der Waals surface area contributed by atoms with Gasteiger partial charge in [0.05, 0.1) is 23.6 Å². The Morgan fingerprint density at radius 2 is 1.59 bits per heavy atom. The second-order valence-electron chi connectivity index (χ2n) is 10.5. The standard InChI is InChI=1S/C33H46ClN2O2S/c1-3-4-5-6-7-8-9-10-11-12-13-14-21-38-33-19-18-30(24-32(33)34)26-36(28(2)37)31-17-15-16-29(23-31)25-35-20-22-39-27-35/h15-20,22-24,27H,3-14,21,25-26H2,1-2H3/q+1. The third kappa shape index (κ3) is 11.7. The molecule has 3 aromatic rings. The van der Waals surface area contributed by atoms with Crippen LogP contribution in [0.15, 0.2) is 59.6 Å². The van der Waals surface area contributed by atoms with Crippen LogP contribution in [0.4, 0.5) is 5.69 Å². The first kappa shape index (κ1) is 31.2. The highest BCUT2D eigenvalue weighted by Gasteiger charge is 2.15. The van der Waals surface area contributed by atoms with E-state index < -0.39 is 0 Å². The smallest absolute Gasteiger partial charge is 0.224 e. The number of amides is 1. The number of carbonyl (C=O) groups is 1. The van der Waals surface area contributed by atoms with E-state index in [1.54, 1.807) is 23.2 Å². The number of aromatic nitrogens is 1. The van der Waals surface area contributed by atoms with Crippen molar-refractivity contribution in [2.45, 2.75) is 104 Å². The molecule has 0 aliphatic heterocycles. The molecule has 0 aliphatic rings. The molecule has 0 atom stereocenters. The van der Waals surface area contributed by atoms with E-state index in [0.717, 1.165) is 29.8 Å². The Labute approximate surface area is 245 Å². The van der Waals surface area contributed by atoms with Crippen LogP contribution in [0, 0.1) is 0 Å². The molecule has 1 heterocycles. The average molecular weight is 570 g/mol. The van der Waals surface area contributed by atoms with Gasteiger partial charge in [0.15, 0.2) is 12.7 Å². The molecule has 2 aromatic carbocycles. The topological polar surface area (TPSA) is 33.4 Å². The SMILES string of the molecule is CCCCCCCCCCCCCCOc1ccc(CN(C(C)=O)c2cccc(C[n+]3ccsc3)c2)cc1Cl. The first-order chi connectivity index (χ1) is 19.1. The van der Waals surface area contributed by atoms with Crippen molar-refractivity contribution in [3.63, 3.8) is 0 Å². The number of rotatable bonds is 19. The van der Waals surface area contributed by atoms with Crippen LogP contribution in [0.2, 0.25) is 5.02 Å². The van der Waals surface area contributed by atoms with E-state index in [1.165, 1.54) is 70.6 Å². The van der Waals surface area contributed by atoms with E-state index in [2.05, 4.69) is 40.7 Å². The number of unbranched alkanes of at least 4 members (excludes halogenated alkanes) is 11. The number of hydrogen-bond acceptors (Lipinski definition) is 3. The van der Waals surface area contributed by atoms with Gasteiger partial charge in [-0.05, 0) is 36.2 Å². The normalized spacial score (nSPS) is 11.1. The van der Waals surface area contributed by atoms with Gasteiger partial charge in [0.1, 0.15) is 5.75 Å². The molecule has 6 heteroatoms. The minimum atomic E-state index is -0.00115. The van der Waals surface area contributed by atoms with Crippen molar-refractivity contribution in [2.75, 3.05) is 11.5 Å². The number of benzene rings is 2. The molecule has 0 saturated heterocycles. The third-order valence-electron chi connectivity index (χ3n) is 7.09. The summed E-state index contributed by atoms with van der Waals surface area (Å²) in [7, 11) is 0. The third-order valence-corrected chi connectivity index (χ3v) is 8.05. The van der Waals surface area contributed by atoms with Crippen LogP contribution in [0.3, 0.4) is 0 Å². The average Bonchev–Trinajstić information content (AvgIpc) is 3.44. The highest BCUT2D eigenvalue weighted by Crippen LogP contribution is 2.28. The summed E-state index contributed by atoms with van der Waals surface area (Å²) in [4.78, 5) is 14.3. The van der Waals surface area contributed by atoms with E-state index in [9.17, 15) is 4.79 Å². The summed E-state index contributed by atoms with van der Waals surface area (Å²) < 4.78 is 8.11. The number of halogens is 1. The summed E-state index contributed by atoms with van der Waals surface area (Å²) in [5.74, 6) is 0.714. The van der Waals surface area contributed by atoms with Crippen molar-refractivity contribution >= 4 is 34.5 Å². The fraction of sp³-hybridized carbons (Fsp3) is 0.515. The quantitative estimate of drug-likeness (QED) is 0.106. The Bertz CT molecular complexity index is 1100. The Kier molecular flexibility index (Phi) is 14.4. The molecule has 0 bridgehead atoms. The zero-order valence-electron chi connectivity index (χ0n) is 23.9. The van der Waals surface area contributed by atoms with Crippen molar-refractivity contribution in [1.29, 1.82) is 0 Å². The van der Waals surface area contributed by atoms with Crippen molar-refractivity contribution < 1.29 is 14.1 Å². The van der Waals surface area contributed by atoms with E-state index >= 15 is 0 Å². The predicted octanol–water partition coefficient (Wildman–Crippen LogP) is 9.37. The van der Waals surface area contributed by atoms with Crippen LogP contribution in [0.5, 0.6) is 5.75 Å². The summed E-state index contributed by atoms with van der Waals surface area (Å²) in [6, 6.07) is 14.0. The van der Waals surface area contributed by atoms with E-state index in [0.29, 0.717) is 23.9 Å². The molecule has 1 aromatic heterocycles. The number of carbonyl (C=O) groups excluding carboxylic acids is 1. The first-order valence-electron chi connectivity index (χ1n) is 14.8. The lowest BCUT2D eigenvalue weighted by atomic mass is 10.1. The highest BCUT2D eigenvalue weighted by atomic mass is 35.5. The molecular formula is C33H46ClN2O2S+. The highest BCUT2D eigenvalue weighted by molar-refractivity contribution is 7.07. The Morgan fingerprint density at radius 3 is 2.21 bits per heavy atom. The van der Waals surface area contributed by atoms with Crippen LogP contribution in [-0.2, 0) is 17.9 Å². The number of hydrogen-bond donors (Lipinski definition) is 0. The molecule has 1 amide bonds. The second kappa shape index (κ2) is 18.1. The van der Waals surface area contributed by atoms with E-state index in [4.69, 9.17) is 16.3 Å². The number of anilines is 1. The van der Waals surface area contributed by atoms with Crippen LogP contribution >= 0.6 is 22.9 Å². The molecule has 212 valence electrons. The molecule has 39 heavy (non-hydrogen) atoms. The number of nitrogens with zero attached hydrogens (tertiary/aromatic N) is 2. The molecule has 0 fully saturated rings. The molecule has 0 N–H and O–H groups in total. The molecule has 0 spiro atoms. The van der Waals surface area contributed by atoms with Gasteiger partial charge in [-0.15, -0.1) is 0 Å². The Morgan fingerprint density at radius 1 is 0.897 bits per heavy atom. The minimum Gasteiger partial charge on any atom is -0.492 e. The van der Waals surface area contributed by atoms with Gasteiger partial charge in [0.25, 0.3) is 0 Å². The fourth-order valence-corrected chi connectivity index (χ4v) is 5.69. The minimum absolute atomic E-state index is 0.00115. The van der Waals surface area contributed by atoms with Crippen LogP contribution in [0.1, 0.15) is 102 Å². The summed E-state index contributed by atoms with van der Waals surface area (Å²) in [5, 5.41) is 2.65. The Hall–Kier alpha value is -2.37. The van der Waals surface area contributed by atoms with Crippen molar-refractivity contribution in [3.05, 3.63) is 75.7 Å². The van der Waals surface area contributed by atoms with Gasteiger partial charge in [-0.1, -0.05) is 119 Å². The maximum Gasteiger partial charge on any atom is 0.224 e. The molecule has 0 unspecified atom stereocenters. The van der Waals surface area contributed by atoms with Gasteiger partial charge in [-0.25, -0.2) is 0 Å². The predicted molar refractivity (Wildman–Crippen MR) is 165 cm³/mol. The van der Waals surface area contributed by atoms with Crippen LogP contribution in [-0.4, -0.2) is 12.5 Å². The molecule has 0 radical (unpaired) electrons. The van der Waals surface area contributed by atoms with Crippen molar-refractivity contribution in [1.82, 2.24) is 0 Å². The Balaban J connectivity index is 1.38. The number of thiazole rings is 1. The van der Waals surface area contributed by atoms with Gasteiger partial charge in [-0.3, -0.25) is 4.79 Å². The van der Waals surface area contributed by atoms with E-state index in [-0.39, 0.29) is 5.91 Å². The monoisotopic (exact) mass is 569 g/mol. The number of ether oxygens (including phenoxy) is 1. The fourth-order valence-electron chi connectivity index (χ4n) is 4.84. The van der Waals surface area contributed by atoms with E-state index in [1.807, 2.05) is 30.3 Å². The lowest BCUT2D eigenvalue weighted by Gasteiger charge is -2.22. The summed E-state index contributed by atoms with van der Waals surface area (Å²) in [5.41, 5.74) is 5.10. The second-order valence-corrected chi connectivity index (χ2v) is 11.6. The summed E-state index contributed by atoms with van der Waals surface area (Å²) >= 11 is 8.23. The maximum absolute atomic E-state index is 12.5. The molecule has 4 nitrogen and oxygen atoms in total. The molecule has 3 rings (SSSR count). The summed E-state index contributed by atoms with van der Waals surface area (Å²) in [6.45, 7) is 5.80.